The molecule has 2 unspecified atom stereocenters. The van der Waals surface area contributed by atoms with E-state index < -0.39 is 12.0 Å². The largest absolute Gasteiger partial charge is 0.355 e. The van der Waals surface area contributed by atoms with Crippen LogP contribution in [-0.2, 0) is 9.59 Å². The maximum Gasteiger partial charge on any atom is 0.237 e. The molecule has 3 N–H and O–H groups in total. The molecule has 0 spiro atoms. The van der Waals surface area contributed by atoms with Crippen LogP contribution < -0.4 is 11.1 Å². The fourth-order valence-corrected chi connectivity index (χ4v) is 2.33. The van der Waals surface area contributed by atoms with E-state index in [1.54, 1.807) is 18.2 Å². The molecule has 1 aliphatic heterocycles. The van der Waals surface area contributed by atoms with Crippen molar-refractivity contribution in [1.82, 2.24) is 5.32 Å². The molecule has 1 saturated heterocycles. The summed E-state index contributed by atoms with van der Waals surface area (Å²) >= 11 is 5.80. The Morgan fingerprint density at radius 2 is 2.05 bits per heavy atom. The third kappa shape index (κ3) is 3.68. The number of halogens is 1. The molecule has 0 aliphatic carbocycles. The van der Waals surface area contributed by atoms with Crippen LogP contribution in [0, 0.1) is 5.92 Å². The molecule has 1 aromatic carbocycles. The van der Waals surface area contributed by atoms with Crippen LogP contribution in [0.2, 0.25) is 5.02 Å². The maximum atomic E-state index is 12.2. The summed E-state index contributed by atoms with van der Waals surface area (Å²) in [5.74, 6) is -0.800. The zero-order valence-electron chi connectivity index (χ0n) is 11.0. The van der Waals surface area contributed by atoms with Crippen LogP contribution >= 0.6 is 11.6 Å². The van der Waals surface area contributed by atoms with Gasteiger partial charge >= 0.3 is 0 Å². The number of nitrogens with one attached hydrogen (secondary N) is 1. The van der Waals surface area contributed by atoms with Gasteiger partial charge in [-0.2, -0.15) is 0 Å². The zero-order chi connectivity index (χ0) is 14.5. The van der Waals surface area contributed by atoms with Gasteiger partial charge in [0.1, 0.15) is 0 Å². The molecule has 0 radical (unpaired) electrons. The number of carbonyl (C=O) groups is 2. The number of allylic oxidation sites excluding steroid dienone is 1. The maximum absolute atomic E-state index is 12.2. The molecular formula is C15H17ClN2O2. The SMILES string of the molecule is NC1C(=O)NCCCC1C(=O)C=Cc1ccc(Cl)cc1. The normalized spacial score (nSPS) is 23.4. The highest BCUT2D eigenvalue weighted by molar-refractivity contribution is 6.30. The summed E-state index contributed by atoms with van der Waals surface area (Å²) in [4.78, 5) is 23.8. The van der Waals surface area contributed by atoms with Crippen molar-refractivity contribution >= 4 is 29.4 Å². The second-order valence-corrected chi connectivity index (χ2v) is 5.29. The number of hydrogen-bond donors (Lipinski definition) is 2. The van der Waals surface area contributed by atoms with Crippen molar-refractivity contribution < 1.29 is 9.59 Å². The molecule has 1 fully saturated rings. The molecule has 20 heavy (non-hydrogen) atoms. The Bertz CT molecular complexity index is 525. The van der Waals surface area contributed by atoms with Crippen LogP contribution in [0.25, 0.3) is 6.08 Å². The fraction of sp³-hybridized carbons (Fsp3) is 0.333. The topological polar surface area (TPSA) is 72.2 Å². The first kappa shape index (κ1) is 14.8. The Morgan fingerprint density at radius 1 is 1.35 bits per heavy atom. The highest BCUT2D eigenvalue weighted by Crippen LogP contribution is 2.17. The first-order valence-electron chi connectivity index (χ1n) is 6.59. The highest BCUT2D eigenvalue weighted by atomic mass is 35.5. The van der Waals surface area contributed by atoms with Crippen LogP contribution in [0.15, 0.2) is 30.3 Å². The summed E-state index contributed by atoms with van der Waals surface area (Å²) in [5.41, 5.74) is 6.71. The standard InChI is InChI=1S/C15H17ClN2O2/c16-11-6-3-10(4-7-11)5-8-13(19)12-2-1-9-18-15(20)14(12)17/h3-8,12,14H,1-2,9,17H2,(H,18,20). The number of benzene rings is 1. The second kappa shape index (κ2) is 6.68. The first-order chi connectivity index (χ1) is 9.58. The molecule has 1 aliphatic rings. The fourth-order valence-electron chi connectivity index (χ4n) is 2.21. The van der Waals surface area contributed by atoms with Crippen LogP contribution in [0.4, 0.5) is 0 Å². The number of amides is 1. The number of carbonyl (C=O) groups excluding carboxylic acids is 2. The van der Waals surface area contributed by atoms with E-state index in [1.807, 2.05) is 12.1 Å². The van der Waals surface area contributed by atoms with Crippen molar-refractivity contribution in [2.45, 2.75) is 18.9 Å². The van der Waals surface area contributed by atoms with E-state index in [2.05, 4.69) is 5.32 Å². The van der Waals surface area contributed by atoms with E-state index in [-0.39, 0.29) is 11.7 Å². The van der Waals surface area contributed by atoms with Crippen LogP contribution in [0.1, 0.15) is 18.4 Å². The lowest BCUT2D eigenvalue weighted by Crippen LogP contribution is -2.45. The molecule has 0 bridgehead atoms. The minimum atomic E-state index is -0.764. The molecule has 0 saturated carbocycles. The Balaban J connectivity index is 2.06. The van der Waals surface area contributed by atoms with E-state index in [0.29, 0.717) is 18.0 Å². The van der Waals surface area contributed by atoms with Gasteiger partial charge in [0.25, 0.3) is 0 Å². The van der Waals surface area contributed by atoms with Crippen molar-refractivity contribution in [2.24, 2.45) is 11.7 Å². The second-order valence-electron chi connectivity index (χ2n) is 4.85. The van der Waals surface area contributed by atoms with Crippen LogP contribution in [0.5, 0.6) is 0 Å². The average Bonchev–Trinajstić information content (AvgIpc) is 2.61. The molecule has 1 amide bonds. The summed E-state index contributed by atoms with van der Waals surface area (Å²) in [7, 11) is 0. The van der Waals surface area contributed by atoms with Gasteiger partial charge in [-0.1, -0.05) is 29.8 Å². The van der Waals surface area contributed by atoms with Gasteiger partial charge in [-0.3, -0.25) is 9.59 Å². The summed E-state index contributed by atoms with van der Waals surface area (Å²) < 4.78 is 0. The van der Waals surface area contributed by atoms with E-state index in [0.717, 1.165) is 12.0 Å². The molecule has 2 atom stereocenters. The van der Waals surface area contributed by atoms with E-state index in [1.165, 1.54) is 6.08 Å². The summed E-state index contributed by atoms with van der Waals surface area (Å²) in [6, 6.07) is 6.41. The lowest BCUT2D eigenvalue weighted by atomic mass is 9.91. The number of ketones is 1. The van der Waals surface area contributed by atoms with Gasteiger partial charge in [0.05, 0.1) is 6.04 Å². The Morgan fingerprint density at radius 3 is 2.75 bits per heavy atom. The van der Waals surface area contributed by atoms with Crippen LogP contribution in [-0.4, -0.2) is 24.3 Å². The number of hydrogen-bond acceptors (Lipinski definition) is 3. The van der Waals surface area contributed by atoms with Gasteiger partial charge in [0.2, 0.25) is 5.91 Å². The molecule has 1 heterocycles. The van der Waals surface area contributed by atoms with E-state index in [4.69, 9.17) is 17.3 Å². The van der Waals surface area contributed by atoms with Gasteiger partial charge < -0.3 is 11.1 Å². The average molecular weight is 293 g/mol. The van der Waals surface area contributed by atoms with Crippen molar-refractivity contribution in [3.8, 4) is 0 Å². The predicted molar refractivity (Wildman–Crippen MR) is 79.2 cm³/mol. The molecule has 2 rings (SSSR count). The predicted octanol–water partition coefficient (Wildman–Crippen LogP) is 1.78. The lowest BCUT2D eigenvalue weighted by Gasteiger charge is -2.16. The van der Waals surface area contributed by atoms with Gasteiger partial charge in [-0.25, -0.2) is 0 Å². The molecular weight excluding hydrogens is 276 g/mol. The molecule has 1 aromatic rings. The summed E-state index contributed by atoms with van der Waals surface area (Å²) in [6.45, 7) is 0.581. The van der Waals surface area contributed by atoms with Crippen molar-refractivity contribution in [3.05, 3.63) is 40.9 Å². The van der Waals surface area contributed by atoms with E-state index in [9.17, 15) is 9.59 Å². The lowest BCUT2D eigenvalue weighted by molar-refractivity contribution is -0.127. The third-order valence-electron chi connectivity index (χ3n) is 3.40. The Hall–Kier alpha value is -1.65. The van der Waals surface area contributed by atoms with Gasteiger partial charge in [-0.15, -0.1) is 0 Å². The third-order valence-corrected chi connectivity index (χ3v) is 3.65. The monoisotopic (exact) mass is 292 g/mol. The number of nitrogens with two attached hydrogens (primary N) is 1. The molecule has 106 valence electrons. The van der Waals surface area contributed by atoms with Crippen LogP contribution in [0.3, 0.4) is 0 Å². The minimum Gasteiger partial charge on any atom is -0.355 e. The smallest absolute Gasteiger partial charge is 0.237 e. The van der Waals surface area contributed by atoms with Crippen molar-refractivity contribution in [2.75, 3.05) is 6.54 Å². The molecule has 5 heteroatoms. The summed E-state index contributed by atoms with van der Waals surface area (Å²) in [5, 5.41) is 3.35. The number of rotatable bonds is 3. The highest BCUT2D eigenvalue weighted by Gasteiger charge is 2.30. The first-order valence-corrected chi connectivity index (χ1v) is 6.96. The van der Waals surface area contributed by atoms with Gasteiger partial charge in [0, 0.05) is 17.5 Å². The van der Waals surface area contributed by atoms with Gasteiger partial charge in [-0.05, 0) is 36.6 Å². The Kier molecular flexibility index (Phi) is 4.93. The molecule has 0 aromatic heterocycles. The van der Waals surface area contributed by atoms with Crippen molar-refractivity contribution in [3.63, 3.8) is 0 Å². The van der Waals surface area contributed by atoms with E-state index >= 15 is 0 Å². The zero-order valence-corrected chi connectivity index (χ0v) is 11.8. The minimum absolute atomic E-state index is 0.107. The molecule has 4 nitrogen and oxygen atoms in total. The van der Waals surface area contributed by atoms with Crippen molar-refractivity contribution in [1.29, 1.82) is 0 Å². The summed E-state index contributed by atoms with van der Waals surface area (Å²) in [6.07, 6.45) is 4.61. The Labute approximate surface area is 123 Å². The van der Waals surface area contributed by atoms with Gasteiger partial charge in [0.15, 0.2) is 5.78 Å². The quantitative estimate of drug-likeness (QED) is 0.834.